The number of rotatable bonds is 5. The lowest BCUT2D eigenvalue weighted by molar-refractivity contribution is 0.622. The van der Waals surface area contributed by atoms with Crippen LogP contribution in [0.25, 0.3) is 0 Å². The van der Waals surface area contributed by atoms with Crippen LogP contribution < -0.4 is 5.73 Å². The smallest absolute Gasteiger partial charge is 0.0942 e. The molecule has 0 amide bonds. The third kappa shape index (κ3) is 4.03. The van der Waals surface area contributed by atoms with Crippen LogP contribution in [-0.4, -0.2) is 17.3 Å². The van der Waals surface area contributed by atoms with Gasteiger partial charge in [0.15, 0.2) is 0 Å². The molecule has 1 saturated carbocycles. The number of nitrogens with two attached hydrogens (primary N) is 1. The highest BCUT2D eigenvalue weighted by Crippen LogP contribution is 2.28. The Morgan fingerprint density at radius 3 is 2.69 bits per heavy atom. The third-order valence-corrected chi connectivity index (χ3v) is 4.17. The molecule has 0 spiro atoms. The van der Waals surface area contributed by atoms with E-state index in [4.69, 9.17) is 11.1 Å². The van der Waals surface area contributed by atoms with Gasteiger partial charge < -0.3 is 5.73 Å². The number of nitrogens with one attached hydrogen (secondary N) is 1. The molecule has 0 radical (unpaired) electrons. The van der Waals surface area contributed by atoms with Crippen LogP contribution in [0.1, 0.15) is 32.6 Å². The van der Waals surface area contributed by atoms with E-state index in [-0.39, 0.29) is 5.92 Å². The van der Waals surface area contributed by atoms with E-state index in [1.54, 1.807) is 0 Å². The molecule has 2 nitrogen and oxygen atoms in total. The summed E-state index contributed by atoms with van der Waals surface area (Å²) in [7, 11) is 0. The zero-order valence-electron chi connectivity index (χ0n) is 8.38. The molecule has 0 aromatic rings. The molecule has 3 heteroatoms. The molecule has 0 heterocycles. The fourth-order valence-electron chi connectivity index (χ4n) is 1.68. The van der Waals surface area contributed by atoms with E-state index in [1.807, 2.05) is 18.7 Å². The average Bonchev–Trinajstić information content (AvgIpc) is 2.56. The van der Waals surface area contributed by atoms with Gasteiger partial charge in [-0.3, -0.25) is 5.41 Å². The molecule has 76 valence electrons. The zero-order chi connectivity index (χ0) is 9.68. The summed E-state index contributed by atoms with van der Waals surface area (Å²) in [6, 6.07) is 0. The van der Waals surface area contributed by atoms with Crippen LogP contribution in [0.5, 0.6) is 0 Å². The summed E-state index contributed by atoms with van der Waals surface area (Å²) in [5.41, 5.74) is 5.40. The van der Waals surface area contributed by atoms with Crippen LogP contribution in [0.2, 0.25) is 0 Å². The van der Waals surface area contributed by atoms with Gasteiger partial charge >= 0.3 is 0 Å². The molecule has 0 aliphatic heterocycles. The van der Waals surface area contributed by atoms with Gasteiger partial charge in [-0.15, -0.1) is 0 Å². The van der Waals surface area contributed by atoms with E-state index in [0.29, 0.717) is 5.84 Å². The Balaban J connectivity index is 2.02. The van der Waals surface area contributed by atoms with Gasteiger partial charge in [-0.1, -0.05) is 19.8 Å². The minimum Gasteiger partial charge on any atom is -0.387 e. The van der Waals surface area contributed by atoms with Crippen molar-refractivity contribution in [3.63, 3.8) is 0 Å². The predicted molar refractivity (Wildman–Crippen MR) is 60.4 cm³/mol. The lowest BCUT2D eigenvalue weighted by Gasteiger charge is -2.11. The van der Waals surface area contributed by atoms with Crippen LogP contribution in [0, 0.1) is 17.2 Å². The van der Waals surface area contributed by atoms with Gasteiger partial charge in [-0.2, -0.15) is 11.8 Å². The summed E-state index contributed by atoms with van der Waals surface area (Å²) in [5.74, 6) is 3.83. The summed E-state index contributed by atoms with van der Waals surface area (Å²) in [4.78, 5) is 0. The van der Waals surface area contributed by atoms with Gasteiger partial charge in [-0.25, -0.2) is 0 Å². The van der Waals surface area contributed by atoms with Gasteiger partial charge in [0.1, 0.15) is 0 Å². The van der Waals surface area contributed by atoms with Gasteiger partial charge in [0.05, 0.1) is 5.84 Å². The van der Waals surface area contributed by atoms with Crippen LogP contribution >= 0.6 is 11.8 Å². The molecule has 1 aliphatic carbocycles. The van der Waals surface area contributed by atoms with Crippen molar-refractivity contribution in [1.29, 1.82) is 5.41 Å². The second kappa shape index (κ2) is 5.53. The molecule has 3 N–H and O–H groups in total. The van der Waals surface area contributed by atoms with Crippen molar-refractivity contribution in [2.24, 2.45) is 17.6 Å². The van der Waals surface area contributed by atoms with Crippen molar-refractivity contribution < 1.29 is 0 Å². The first-order valence-electron chi connectivity index (χ1n) is 5.12. The Kier molecular flexibility index (Phi) is 4.64. The second-order valence-electron chi connectivity index (χ2n) is 4.04. The predicted octanol–water partition coefficient (Wildman–Crippen LogP) is 2.48. The molecule has 0 aromatic heterocycles. The summed E-state index contributed by atoms with van der Waals surface area (Å²) in [6.45, 7) is 2.03. The van der Waals surface area contributed by atoms with E-state index in [0.717, 1.165) is 11.7 Å². The molecule has 1 fully saturated rings. The molecule has 13 heavy (non-hydrogen) atoms. The summed E-state index contributed by atoms with van der Waals surface area (Å²) in [6.07, 6.45) is 5.68. The molecular formula is C10H20N2S. The molecule has 1 unspecified atom stereocenters. The van der Waals surface area contributed by atoms with Crippen LogP contribution in [0.4, 0.5) is 0 Å². The van der Waals surface area contributed by atoms with Crippen LogP contribution in [0.3, 0.4) is 0 Å². The average molecular weight is 200 g/mol. The Morgan fingerprint density at radius 2 is 2.15 bits per heavy atom. The standard InChI is InChI=1S/C10H20N2S/c1-8(10(11)12)6-13-7-9-4-2-3-5-9/h8-9H,2-7H2,1H3,(H3,11,12). The molecule has 1 atom stereocenters. The monoisotopic (exact) mass is 200 g/mol. The fourth-order valence-corrected chi connectivity index (χ4v) is 3.01. The highest BCUT2D eigenvalue weighted by Gasteiger charge is 2.15. The van der Waals surface area contributed by atoms with E-state index in [1.165, 1.54) is 31.4 Å². The summed E-state index contributed by atoms with van der Waals surface area (Å²) >= 11 is 1.97. The molecule has 1 rings (SSSR count). The quantitative estimate of drug-likeness (QED) is 0.529. The SMILES string of the molecule is CC(CSCC1CCCC1)C(=N)N. The second-order valence-corrected chi connectivity index (χ2v) is 5.12. The minimum atomic E-state index is 0.256. The third-order valence-electron chi connectivity index (χ3n) is 2.73. The number of hydrogen-bond donors (Lipinski definition) is 2. The molecule has 0 aromatic carbocycles. The zero-order valence-corrected chi connectivity index (χ0v) is 9.20. The van der Waals surface area contributed by atoms with Gasteiger partial charge in [0, 0.05) is 11.7 Å². The molecule has 0 bridgehead atoms. The van der Waals surface area contributed by atoms with Gasteiger partial charge in [0.25, 0.3) is 0 Å². The van der Waals surface area contributed by atoms with E-state index < -0.39 is 0 Å². The van der Waals surface area contributed by atoms with Crippen LogP contribution in [0.15, 0.2) is 0 Å². The number of thioether (sulfide) groups is 1. The maximum absolute atomic E-state index is 7.25. The van der Waals surface area contributed by atoms with Gasteiger partial charge in [-0.05, 0) is 24.5 Å². The highest BCUT2D eigenvalue weighted by molar-refractivity contribution is 7.99. The van der Waals surface area contributed by atoms with Crippen molar-refractivity contribution in [2.75, 3.05) is 11.5 Å². The topological polar surface area (TPSA) is 49.9 Å². The van der Waals surface area contributed by atoms with Crippen molar-refractivity contribution in [1.82, 2.24) is 0 Å². The Labute approximate surface area is 85.2 Å². The number of amidine groups is 1. The molecular weight excluding hydrogens is 180 g/mol. The van der Waals surface area contributed by atoms with Crippen LogP contribution in [-0.2, 0) is 0 Å². The first-order chi connectivity index (χ1) is 6.20. The largest absolute Gasteiger partial charge is 0.387 e. The summed E-state index contributed by atoms with van der Waals surface area (Å²) < 4.78 is 0. The maximum atomic E-state index is 7.25. The van der Waals surface area contributed by atoms with Gasteiger partial charge in [0.2, 0.25) is 0 Å². The highest BCUT2D eigenvalue weighted by atomic mass is 32.2. The van der Waals surface area contributed by atoms with E-state index >= 15 is 0 Å². The summed E-state index contributed by atoms with van der Waals surface area (Å²) in [5, 5.41) is 7.25. The normalized spacial score (nSPS) is 20.4. The first kappa shape index (κ1) is 10.9. The Hall–Kier alpha value is -0.180. The molecule has 0 saturated heterocycles. The lowest BCUT2D eigenvalue weighted by atomic mass is 10.1. The van der Waals surface area contributed by atoms with Crippen molar-refractivity contribution in [3.05, 3.63) is 0 Å². The van der Waals surface area contributed by atoms with Crippen molar-refractivity contribution >= 4 is 17.6 Å². The Morgan fingerprint density at radius 1 is 1.54 bits per heavy atom. The fraction of sp³-hybridized carbons (Fsp3) is 0.900. The molecule has 1 aliphatic rings. The lowest BCUT2D eigenvalue weighted by Crippen LogP contribution is -2.21. The van der Waals surface area contributed by atoms with E-state index in [9.17, 15) is 0 Å². The number of hydrogen-bond acceptors (Lipinski definition) is 2. The first-order valence-corrected chi connectivity index (χ1v) is 6.27. The maximum Gasteiger partial charge on any atom is 0.0942 e. The minimum absolute atomic E-state index is 0.256. The Bertz CT molecular complexity index is 164. The van der Waals surface area contributed by atoms with Crippen molar-refractivity contribution in [3.8, 4) is 0 Å². The van der Waals surface area contributed by atoms with E-state index in [2.05, 4.69) is 0 Å². The van der Waals surface area contributed by atoms with Crippen molar-refractivity contribution in [2.45, 2.75) is 32.6 Å².